The standard InChI is InChI=1S/C58H58BN3/c1-57(2,3)43-25-29-47(30-26-43)60(48-31-27-44(28-32-48)58(4,5)6)49-37-54-56-55(38-49)62(46-23-11-8-12-24-46)53-36-42-20-16-14-18-40(42)34-51(53)59(56)50-33-39-17-13-15-19-41(39)35-52(50)61(54)45-21-9-7-10-22-45/h7-12,21-38H,13-20H2,1-6H3. The van der Waals surface area contributed by atoms with Gasteiger partial charge in [-0.1, -0.05) is 114 Å². The van der Waals surface area contributed by atoms with Gasteiger partial charge in [-0.3, -0.25) is 0 Å². The third-order valence-electron chi connectivity index (χ3n) is 14.2. The second-order valence-corrected chi connectivity index (χ2v) is 20.4. The number of fused-ring (bicyclic) bond motifs is 6. The van der Waals surface area contributed by atoms with Gasteiger partial charge in [-0.15, -0.1) is 0 Å². The van der Waals surface area contributed by atoms with E-state index in [2.05, 4.69) is 202 Å². The van der Waals surface area contributed by atoms with E-state index >= 15 is 0 Å². The molecule has 0 fully saturated rings. The molecule has 0 bridgehead atoms. The fourth-order valence-electron chi connectivity index (χ4n) is 11.0. The maximum atomic E-state index is 2.63. The van der Waals surface area contributed by atoms with Gasteiger partial charge in [0.15, 0.2) is 0 Å². The molecule has 0 saturated carbocycles. The van der Waals surface area contributed by atoms with Crippen LogP contribution in [0.15, 0.2) is 146 Å². The molecule has 4 aliphatic rings. The minimum Gasteiger partial charge on any atom is -0.311 e. The number of benzene rings is 7. The first-order valence-electron chi connectivity index (χ1n) is 23.2. The summed E-state index contributed by atoms with van der Waals surface area (Å²) in [5, 5.41) is 0. The van der Waals surface area contributed by atoms with Crippen LogP contribution in [0.2, 0.25) is 0 Å². The van der Waals surface area contributed by atoms with Crippen molar-refractivity contribution in [2.75, 3.05) is 14.7 Å². The van der Waals surface area contributed by atoms with E-state index < -0.39 is 0 Å². The van der Waals surface area contributed by atoms with Crippen molar-refractivity contribution >= 4 is 74.3 Å². The highest BCUT2D eigenvalue weighted by molar-refractivity contribution is 7.00. The third kappa shape index (κ3) is 6.57. The van der Waals surface area contributed by atoms with Crippen LogP contribution in [-0.4, -0.2) is 6.71 Å². The van der Waals surface area contributed by atoms with Crippen LogP contribution in [0.3, 0.4) is 0 Å². The van der Waals surface area contributed by atoms with Gasteiger partial charge in [0.1, 0.15) is 0 Å². The van der Waals surface area contributed by atoms with E-state index in [0.717, 1.165) is 42.7 Å². The fraction of sp³-hybridized carbons (Fsp3) is 0.276. The quantitative estimate of drug-likeness (QED) is 0.160. The van der Waals surface area contributed by atoms with Gasteiger partial charge in [0.25, 0.3) is 6.71 Å². The Bertz CT molecular complexity index is 2620. The molecule has 2 aliphatic carbocycles. The topological polar surface area (TPSA) is 9.72 Å². The molecule has 0 unspecified atom stereocenters. The van der Waals surface area contributed by atoms with Crippen LogP contribution in [-0.2, 0) is 36.5 Å². The van der Waals surface area contributed by atoms with Gasteiger partial charge in [-0.05, 0) is 185 Å². The summed E-state index contributed by atoms with van der Waals surface area (Å²) >= 11 is 0. The van der Waals surface area contributed by atoms with Gasteiger partial charge >= 0.3 is 0 Å². The Kier molecular flexibility index (Phi) is 9.30. The van der Waals surface area contributed by atoms with Crippen molar-refractivity contribution in [3.05, 3.63) is 179 Å². The summed E-state index contributed by atoms with van der Waals surface area (Å²) in [4.78, 5) is 7.72. The minimum atomic E-state index is 0.0499. The Hall–Kier alpha value is -6.00. The summed E-state index contributed by atoms with van der Waals surface area (Å²) < 4.78 is 0. The Morgan fingerprint density at radius 3 is 1.15 bits per heavy atom. The molecular weight excluding hydrogens is 749 g/mol. The van der Waals surface area contributed by atoms with E-state index in [-0.39, 0.29) is 17.5 Å². The third-order valence-corrected chi connectivity index (χ3v) is 14.2. The van der Waals surface area contributed by atoms with Crippen molar-refractivity contribution in [2.45, 2.75) is 104 Å². The maximum Gasteiger partial charge on any atom is 0.252 e. The zero-order chi connectivity index (χ0) is 42.3. The normalized spacial score (nSPS) is 15.3. The van der Waals surface area contributed by atoms with Crippen molar-refractivity contribution < 1.29 is 0 Å². The van der Waals surface area contributed by atoms with Gasteiger partial charge < -0.3 is 14.7 Å². The van der Waals surface area contributed by atoms with E-state index in [1.54, 1.807) is 11.1 Å². The van der Waals surface area contributed by atoms with Crippen molar-refractivity contribution in [3.8, 4) is 0 Å². The van der Waals surface area contributed by atoms with Crippen molar-refractivity contribution in [1.82, 2.24) is 0 Å². The molecule has 308 valence electrons. The molecule has 2 heterocycles. The van der Waals surface area contributed by atoms with Gasteiger partial charge in [-0.25, -0.2) is 0 Å². The number of para-hydroxylation sites is 2. The molecule has 7 aromatic rings. The van der Waals surface area contributed by atoms with Gasteiger partial charge in [0, 0.05) is 45.5 Å². The predicted octanol–water partition coefficient (Wildman–Crippen LogP) is 13.6. The lowest BCUT2D eigenvalue weighted by Gasteiger charge is -2.46. The molecule has 0 saturated heterocycles. The molecule has 0 spiro atoms. The second-order valence-electron chi connectivity index (χ2n) is 20.4. The maximum absolute atomic E-state index is 2.63. The number of hydrogen-bond donors (Lipinski definition) is 0. The summed E-state index contributed by atoms with van der Waals surface area (Å²) in [6.45, 7) is 13.9. The molecule has 0 atom stereocenters. The average Bonchev–Trinajstić information content (AvgIpc) is 3.28. The molecule has 62 heavy (non-hydrogen) atoms. The highest BCUT2D eigenvalue weighted by Gasteiger charge is 2.45. The monoisotopic (exact) mass is 807 g/mol. The number of anilines is 9. The summed E-state index contributed by atoms with van der Waals surface area (Å²) in [5.41, 5.74) is 24.1. The van der Waals surface area contributed by atoms with Crippen LogP contribution in [0.5, 0.6) is 0 Å². The molecule has 0 radical (unpaired) electrons. The molecule has 0 aromatic heterocycles. The lowest BCUT2D eigenvalue weighted by Crippen LogP contribution is -2.61. The number of rotatable bonds is 5. The second kappa shape index (κ2) is 14.8. The fourth-order valence-corrected chi connectivity index (χ4v) is 11.0. The van der Waals surface area contributed by atoms with Crippen LogP contribution < -0.4 is 31.1 Å². The lowest BCUT2D eigenvalue weighted by atomic mass is 9.33. The summed E-state index contributed by atoms with van der Waals surface area (Å²) in [6.07, 6.45) is 9.63. The first-order valence-corrected chi connectivity index (χ1v) is 23.2. The summed E-state index contributed by atoms with van der Waals surface area (Å²) in [6, 6.07) is 56.4. The van der Waals surface area contributed by atoms with Gasteiger partial charge in [0.2, 0.25) is 0 Å². The van der Waals surface area contributed by atoms with Gasteiger partial charge in [-0.2, -0.15) is 0 Å². The smallest absolute Gasteiger partial charge is 0.252 e. The Morgan fingerprint density at radius 2 is 0.774 bits per heavy atom. The Labute approximate surface area is 370 Å². The van der Waals surface area contributed by atoms with E-state index in [1.165, 1.54) is 98.4 Å². The summed E-state index contributed by atoms with van der Waals surface area (Å²) in [5.74, 6) is 0. The Balaban J connectivity index is 1.24. The van der Waals surface area contributed by atoms with Crippen molar-refractivity contribution in [2.24, 2.45) is 0 Å². The molecular formula is C58H58BN3. The molecule has 7 aromatic carbocycles. The first-order chi connectivity index (χ1) is 30.0. The van der Waals surface area contributed by atoms with Crippen LogP contribution in [0.25, 0.3) is 0 Å². The van der Waals surface area contributed by atoms with E-state index in [1.807, 2.05) is 0 Å². The van der Waals surface area contributed by atoms with Crippen LogP contribution in [0.4, 0.5) is 51.2 Å². The van der Waals surface area contributed by atoms with Crippen LogP contribution in [0.1, 0.15) is 101 Å². The lowest BCUT2D eigenvalue weighted by molar-refractivity contribution is 0.590. The van der Waals surface area contributed by atoms with E-state index in [4.69, 9.17) is 0 Å². The molecule has 11 rings (SSSR count). The summed E-state index contributed by atoms with van der Waals surface area (Å²) in [7, 11) is 0. The van der Waals surface area contributed by atoms with Crippen molar-refractivity contribution in [1.29, 1.82) is 0 Å². The largest absolute Gasteiger partial charge is 0.311 e. The first kappa shape index (κ1) is 38.9. The van der Waals surface area contributed by atoms with Gasteiger partial charge in [0.05, 0.1) is 5.69 Å². The number of hydrogen-bond acceptors (Lipinski definition) is 3. The van der Waals surface area contributed by atoms with Crippen LogP contribution >= 0.6 is 0 Å². The zero-order valence-corrected chi connectivity index (χ0v) is 37.4. The average molecular weight is 808 g/mol. The van der Waals surface area contributed by atoms with Crippen LogP contribution in [0, 0.1) is 0 Å². The molecule has 0 amide bonds. The molecule has 4 heteroatoms. The minimum absolute atomic E-state index is 0.0499. The molecule has 0 N–H and O–H groups in total. The number of aryl methyl sites for hydroxylation is 4. The SMILES string of the molecule is CC(C)(C)c1ccc(N(c2ccc(C(C)(C)C)cc2)c2cc3c4c(c2)N(c2ccccc2)c2cc5c(cc2B4c2cc4c(cc2N3c2ccccc2)CCCC4)CCCC5)cc1. The van der Waals surface area contributed by atoms with E-state index in [0.29, 0.717) is 0 Å². The zero-order valence-electron chi connectivity index (χ0n) is 37.4. The number of nitrogens with zero attached hydrogens (tertiary/aromatic N) is 3. The van der Waals surface area contributed by atoms with E-state index in [9.17, 15) is 0 Å². The predicted molar refractivity (Wildman–Crippen MR) is 266 cm³/mol. The highest BCUT2D eigenvalue weighted by atomic mass is 15.2. The van der Waals surface area contributed by atoms with Crippen molar-refractivity contribution in [3.63, 3.8) is 0 Å². The highest BCUT2D eigenvalue weighted by Crippen LogP contribution is 2.49. The molecule has 2 aliphatic heterocycles. The molecule has 3 nitrogen and oxygen atoms in total. The Morgan fingerprint density at radius 1 is 0.403 bits per heavy atom.